The fourth-order valence-corrected chi connectivity index (χ4v) is 3.42. The molecule has 5 heteroatoms. The number of nitrogens with one attached hydrogen (secondary N) is 1. The fraction of sp³-hybridized carbons (Fsp3) is 0.417. The minimum Gasteiger partial charge on any atom is -0.379 e. The number of rotatable bonds is 2. The van der Waals surface area contributed by atoms with Crippen LogP contribution in [0.4, 0.5) is 0 Å². The maximum Gasteiger partial charge on any atom is 0.101 e. The van der Waals surface area contributed by atoms with Gasteiger partial charge in [-0.1, -0.05) is 11.6 Å². The van der Waals surface area contributed by atoms with Gasteiger partial charge in [0.25, 0.3) is 0 Å². The highest BCUT2D eigenvalue weighted by Gasteiger charge is 2.30. The Morgan fingerprint density at radius 3 is 3.18 bits per heavy atom. The summed E-state index contributed by atoms with van der Waals surface area (Å²) < 4.78 is 6.70. The second kappa shape index (κ2) is 4.53. The van der Waals surface area contributed by atoms with Crippen LogP contribution in [0.25, 0.3) is 10.2 Å². The van der Waals surface area contributed by atoms with Crippen LogP contribution in [0, 0.1) is 0 Å². The molecule has 1 aliphatic heterocycles. The lowest BCUT2D eigenvalue weighted by atomic mass is 10.1. The Morgan fingerprint density at radius 2 is 2.35 bits per heavy atom. The van der Waals surface area contributed by atoms with E-state index in [-0.39, 0.29) is 0 Å². The maximum atomic E-state index is 5.97. The van der Waals surface area contributed by atoms with Gasteiger partial charge < -0.3 is 10.1 Å². The predicted molar refractivity (Wildman–Crippen MR) is 71.0 cm³/mol. The van der Waals surface area contributed by atoms with Crippen molar-refractivity contribution in [2.45, 2.75) is 12.0 Å². The Balaban J connectivity index is 2.00. The Hall–Kier alpha value is -0.680. The van der Waals surface area contributed by atoms with E-state index in [9.17, 15) is 0 Å². The Kier molecular flexibility index (Phi) is 3.04. The molecule has 90 valence electrons. The van der Waals surface area contributed by atoms with Crippen molar-refractivity contribution in [3.05, 3.63) is 28.2 Å². The van der Waals surface area contributed by atoms with E-state index in [1.807, 2.05) is 25.2 Å². The zero-order valence-corrected chi connectivity index (χ0v) is 11.0. The van der Waals surface area contributed by atoms with Crippen LogP contribution in [-0.2, 0) is 4.74 Å². The summed E-state index contributed by atoms with van der Waals surface area (Å²) in [6, 6.07) is 6.22. The van der Waals surface area contributed by atoms with Crippen molar-refractivity contribution in [2.75, 3.05) is 20.3 Å². The maximum absolute atomic E-state index is 5.97. The molecule has 1 aliphatic rings. The van der Waals surface area contributed by atoms with Gasteiger partial charge in [0.15, 0.2) is 0 Å². The van der Waals surface area contributed by atoms with E-state index in [0.29, 0.717) is 12.0 Å². The van der Waals surface area contributed by atoms with Gasteiger partial charge in [0.1, 0.15) is 5.01 Å². The number of thiazole rings is 1. The van der Waals surface area contributed by atoms with Crippen LogP contribution in [0.3, 0.4) is 0 Å². The number of benzene rings is 1. The molecular formula is C12H13ClN2OS. The smallest absolute Gasteiger partial charge is 0.101 e. The van der Waals surface area contributed by atoms with E-state index in [2.05, 4.69) is 10.3 Å². The lowest BCUT2D eigenvalue weighted by Crippen LogP contribution is -2.30. The van der Waals surface area contributed by atoms with Crippen LogP contribution in [0.15, 0.2) is 18.2 Å². The summed E-state index contributed by atoms with van der Waals surface area (Å²) in [5, 5.41) is 5.16. The monoisotopic (exact) mass is 268 g/mol. The summed E-state index contributed by atoms with van der Waals surface area (Å²) >= 11 is 7.70. The Labute approximate surface area is 109 Å². The molecule has 3 rings (SSSR count). The number of fused-ring (bicyclic) bond motifs is 1. The van der Waals surface area contributed by atoms with Gasteiger partial charge >= 0.3 is 0 Å². The highest BCUT2D eigenvalue weighted by atomic mass is 35.5. The van der Waals surface area contributed by atoms with E-state index < -0.39 is 0 Å². The minimum atomic E-state index is 0.358. The highest BCUT2D eigenvalue weighted by Crippen LogP contribution is 2.33. The van der Waals surface area contributed by atoms with Crippen LogP contribution in [0.1, 0.15) is 10.9 Å². The van der Waals surface area contributed by atoms with Gasteiger partial charge in [-0.05, 0) is 25.2 Å². The molecule has 0 spiro atoms. The first-order valence-corrected chi connectivity index (χ1v) is 6.78. The van der Waals surface area contributed by atoms with Gasteiger partial charge in [-0.25, -0.2) is 4.98 Å². The topological polar surface area (TPSA) is 34.1 Å². The minimum absolute atomic E-state index is 0.358. The number of hydrogen-bond acceptors (Lipinski definition) is 4. The average Bonchev–Trinajstić information content (AvgIpc) is 2.93. The van der Waals surface area contributed by atoms with Crippen molar-refractivity contribution in [2.24, 2.45) is 0 Å². The van der Waals surface area contributed by atoms with Crippen LogP contribution in [0.2, 0.25) is 5.02 Å². The van der Waals surface area contributed by atoms with E-state index >= 15 is 0 Å². The van der Waals surface area contributed by atoms with Gasteiger partial charge in [0.2, 0.25) is 0 Å². The van der Waals surface area contributed by atoms with Gasteiger partial charge in [-0.15, -0.1) is 11.3 Å². The summed E-state index contributed by atoms with van der Waals surface area (Å²) in [7, 11) is 1.97. The van der Waals surface area contributed by atoms with Crippen LogP contribution < -0.4 is 5.32 Å². The number of nitrogens with zero attached hydrogens (tertiary/aromatic N) is 1. The third-order valence-electron chi connectivity index (χ3n) is 3.13. The lowest BCUT2D eigenvalue weighted by Gasteiger charge is -2.13. The molecule has 17 heavy (non-hydrogen) atoms. The van der Waals surface area contributed by atoms with Crippen molar-refractivity contribution >= 4 is 33.2 Å². The van der Waals surface area contributed by atoms with Crippen molar-refractivity contribution in [3.63, 3.8) is 0 Å². The quantitative estimate of drug-likeness (QED) is 0.909. The summed E-state index contributed by atoms with van der Waals surface area (Å²) in [5.41, 5.74) is 0.985. The first kappa shape index (κ1) is 11.4. The zero-order valence-electron chi connectivity index (χ0n) is 9.44. The molecule has 2 atom stereocenters. The molecule has 3 nitrogen and oxygen atoms in total. The van der Waals surface area contributed by atoms with Crippen molar-refractivity contribution in [1.29, 1.82) is 0 Å². The van der Waals surface area contributed by atoms with Gasteiger partial charge in [0, 0.05) is 11.1 Å². The Morgan fingerprint density at radius 1 is 1.47 bits per heavy atom. The summed E-state index contributed by atoms with van der Waals surface area (Å²) in [6.45, 7) is 1.51. The fourth-order valence-electron chi connectivity index (χ4n) is 2.16. The van der Waals surface area contributed by atoms with Gasteiger partial charge in [-0.3, -0.25) is 0 Å². The average molecular weight is 269 g/mol. The molecule has 2 heterocycles. The molecule has 1 aromatic heterocycles. The van der Waals surface area contributed by atoms with Crippen LogP contribution >= 0.6 is 22.9 Å². The number of likely N-dealkylation sites (N-methyl/N-ethyl adjacent to an activating group) is 1. The van der Waals surface area contributed by atoms with Gasteiger partial charge in [-0.2, -0.15) is 0 Å². The lowest BCUT2D eigenvalue weighted by molar-refractivity contribution is 0.188. The summed E-state index contributed by atoms with van der Waals surface area (Å²) in [6.07, 6.45) is 0. The van der Waals surface area contributed by atoms with Crippen molar-refractivity contribution in [1.82, 2.24) is 10.3 Å². The molecule has 1 aromatic carbocycles. The van der Waals surface area contributed by atoms with Crippen molar-refractivity contribution in [3.8, 4) is 0 Å². The number of aromatic nitrogens is 1. The molecule has 1 N–H and O–H groups in total. The van der Waals surface area contributed by atoms with Crippen LogP contribution in [-0.4, -0.2) is 31.3 Å². The van der Waals surface area contributed by atoms with Gasteiger partial charge in [0.05, 0.1) is 29.3 Å². The summed E-state index contributed by atoms with van der Waals surface area (Å²) in [4.78, 5) is 4.67. The Bertz CT molecular complexity index is 542. The second-order valence-corrected chi connectivity index (χ2v) is 5.70. The van der Waals surface area contributed by atoms with E-state index in [0.717, 1.165) is 28.8 Å². The molecule has 2 unspecified atom stereocenters. The predicted octanol–water partition coefficient (Wildman–Crippen LogP) is 2.65. The third kappa shape index (κ3) is 2.06. The number of hydrogen-bond donors (Lipinski definition) is 1. The molecule has 1 saturated heterocycles. The molecule has 0 bridgehead atoms. The number of ether oxygens (including phenoxy) is 1. The molecular weight excluding hydrogens is 256 g/mol. The second-order valence-electron chi connectivity index (χ2n) is 4.20. The normalized spacial score (nSPS) is 24.6. The first-order valence-electron chi connectivity index (χ1n) is 5.59. The van der Waals surface area contributed by atoms with E-state index in [4.69, 9.17) is 16.3 Å². The zero-order chi connectivity index (χ0) is 11.8. The highest BCUT2D eigenvalue weighted by molar-refractivity contribution is 7.18. The first-order chi connectivity index (χ1) is 8.28. The molecule has 0 saturated carbocycles. The third-order valence-corrected chi connectivity index (χ3v) is 4.54. The molecule has 0 aliphatic carbocycles. The van der Waals surface area contributed by atoms with Crippen molar-refractivity contribution < 1.29 is 4.74 Å². The van der Waals surface area contributed by atoms with E-state index in [1.165, 1.54) is 4.70 Å². The largest absolute Gasteiger partial charge is 0.379 e. The molecule has 0 radical (unpaired) electrons. The standard InChI is InChI=1S/C12H13ClN2OS/c1-14-10-6-16-5-8(10)12-15-9-4-7(13)2-3-11(9)17-12/h2-4,8,10,14H,5-6H2,1H3. The summed E-state index contributed by atoms with van der Waals surface area (Å²) in [5.74, 6) is 0.358. The number of halogens is 1. The molecule has 1 fully saturated rings. The van der Waals surface area contributed by atoms with Crippen LogP contribution in [0.5, 0.6) is 0 Å². The van der Waals surface area contributed by atoms with E-state index in [1.54, 1.807) is 11.3 Å². The SMILES string of the molecule is CNC1COCC1c1nc2cc(Cl)ccc2s1. The molecule has 0 amide bonds. The molecule has 2 aromatic rings.